The van der Waals surface area contributed by atoms with Crippen molar-refractivity contribution < 1.29 is 4.79 Å². The van der Waals surface area contributed by atoms with Crippen molar-refractivity contribution in [2.75, 3.05) is 32.5 Å². The second-order valence-corrected chi connectivity index (χ2v) is 6.69. The van der Waals surface area contributed by atoms with Crippen molar-refractivity contribution >= 4 is 17.7 Å². The molecule has 3 rings (SSSR count). The Morgan fingerprint density at radius 2 is 2.04 bits per heavy atom. The highest BCUT2D eigenvalue weighted by Crippen LogP contribution is 2.30. The number of rotatable bonds is 5. The monoisotopic (exact) mass is 355 g/mol. The summed E-state index contributed by atoms with van der Waals surface area (Å²) in [5.41, 5.74) is 0.933. The van der Waals surface area contributed by atoms with E-state index in [1.165, 1.54) is 0 Å². The van der Waals surface area contributed by atoms with Crippen LogP contribution in [0.1, 0.15) is 36.8 Å². The zero-order valence-corrected chi connectivity index (χ0v) is 15.5. The van der Waals surface area contributed by atoms with Gasteiger partial charge in [-0.3, -0.25) is 9.69 Å². The first-order valence-electron chi connectivity index (χ1n) is 8.87. The standard InChI is InChI=1S/C18H25N7O/c1-13-21-14(11-16(22-13)23-18-19-8-6-9-20-18)15-7-4-5-10-25(15)12-17(26)24(2)3/h6,8-9,11,15H,4-5,7,10,12H2,1-3H3,(H,19,20,21,22,23)/t15-/m1/s1. The van der Waals surface area contributed by atoms with E-state index in [9.17, 15) is 4.79 Å². The Kier molecular flexibility index (Phi) is 5.72. The molecule has 1 N–H and O–H groups in total. The van der Waals surface area contributed by atoms with Gasteiger partial charge in [0.2, 0.25) is 11.9 Å². The molecule has 0 aromatic carbocycles. The Labute approximate surface area is 153 Å². The topological polar surface area (TPSA) is 87.1 Å². The van der Waals surface area contributed by atoms with Crippen LogP contribution in [-0.2, 0) is 4.79 Å². The predicted octanol–water partition coefficient (Wildman–Crippen LogP) is 1.93. The van der Waals surface area contributed by atoms with E-state index in [1.807, 2.05) is 13.0 Å². The molecule has 2 aromatic heterocycles. The molecule has 3 heterocycles. The van der Waals surface area contributed by atoms with E-state index in [1.54, 1.807) is 37.5 Å². The van der Waals surface area contributed by atoms with Crippen molar-refractivity contribution in [3.8, 4) is 0 Å². The molecule has 0 spiro atoms. The largest absolute Gasteiger partial charge is 0.348 e. The quantitative estimate of drug-likeness (QED) is 0.877. The Balaban J connectivity index is 1.83. The van der Waals surface area contributed by atoms with Crippen LogP contribution >= 0.6 is 0 Å². The van der Waals surface area contributed by atoms with E-state index in [2.05, 4.69) is 30.2 Å². The Bertz CT molecular complexity index is 750. The van der Waals surface area contributed by atoms with Gasteiger partial charge < -0.3 is 10.2 Å². The van der Waals surface area contributed by atoms with Crippen LogP contribution in [0.4, 0.5) is 11.8 Å². The highest BCUT2D eigenvalue weighted by molar-refractivity contribution is 5.77. The van der Waals surface area contributed by atoms with Crippen LogP contribution in [0, 0.1) is 6.92 Å². The number of hydrogen-bond donors (Lipinski definition) is 1. The predicted molar refractivity (Wildman–Crippen MR) is 98.9 cm³/mol. The normalized spacial score (nSPS) is 17.7. The summed E-state index contributed by atoms with van der Waals surface area (Å²) in [5, 5.41) is 3.13. The third kappa shape index (κ3) is 4.51. The molecule has 0 saturated carbocycles. The van der Waals surface area contributed by atoms with Crippen LogP contribution in [0.2, 0.25) is 0 Å². The molecule has 0 radical (unpaired) electrons. The zero-order chi connectivity index (χ0) is 18.5. The first-order chi connectivity index (χ1) is 12.5. The second-order valence-electron chi connectivity index (χ2n) is 6.69. The lowest BCUT2D eigenvalue weighted by atomic mass is 9.99. The molecule has 1 atom stereocenters. The van der Waals surface area contributed by atoms with Gasteiger partial charge in [-0.1, -0.05) is 6.42 Å². The maximum atomic E-state index is 12.2. The molecule has 138 valence electrons. The number of likely N-dealkylation sites (tertiary alicyclic amines) is 1. The highest BCUT2D eigenvalue weighted by atomic mass is 16.2. The minimum Gasteiger partial charge on any atom is -0.348 e. The summed E-state index contributed by atoms with van der Waals surface area (Å²) in [6.45, 7) is 3.18. The molecule has 1 saturated heterocycles. The minimum absolute atomic E-state index is 0.110. The van der Waals surface area contributed by atoms with Gasteiger partial charge in [0.25, 0.3) is 0 Å². The SMILES string of the molecule is Cc1nc(Nc2ncccn2)cc([C@H]2CCCCN2CC(=O)N(C)C)n1. The summed E-state index contributed by atoms with van der Waals surface area (Å²) < 4.78 is 0. The minimum atomic E-state index is 0.110. The van der Waals surface area contributed by atoms with E-state index >= 15 is 0 Å². The zero-order valence-electron chi connectivity index (χ0n) is 15.5. The lowest BCUT2D eigenvalue weighted by Crippen LogP contribution is -2.41. The average Bonchev–Trinajstić information content (AvgIpc) is 2.62. The number of carbonyl (C=O) groups is 1. The fraction of sp³-hybridized carbons (Fsp3) is 0.500. The van der Waals surface area contributed by atoms with Crippen LogP contribution in [0.15, 0.2) is 24.5 Å². The lowest BCUT2D eigenvalue weighted by Gasteiger charge is -2.35. The number of amides is 1. The molecule has 0 bridgehead atoms. The number of aryl methyl sites for hydroxylation is 1. The van der Waals surface area contributed by atoms with E-state index in [4.69, 9.17) is 0 Å². The van der Waals surface area contributed by atoms with Crippen LogP contribution in [-0.4, -0.2) is 62.8 Å². The first-order valence-corrected chi connectivity index (χ1v) is 8.87. The molecule has 8 nitrogen and oxygen atoms in total. The van der Waals surface area contributed by atoms with Gasteiger partial charge in [0.1, 0.15) is 11.6 Å². The van der Waals surface area contributed by atoms with Crippen molar-refractivity contribution in [3.05, 3.63) is 36.0 Å². The summed E-state index contributed by atoms with van der Waals surface area (Å²) in [7, 11) is 3.58. The molecule has 1 aliphatic rings. The van der Waals surface area contributed by atoms with Crippen molar-refractivity contribution in [2.24, 2.45) is 0 Å². The molecule has 1 aliphatic heterocycles. The maximum Gasteiger partial charge on any atom is 0.236 e. The number of likely N-dealkylation sites (N-methyl/N-ethyl adjacent to an activating group) is 1. The fourth-order valence-corrected chi connectivity index (χ4v) is 3.13. The van der Waals surface area contributed by atoms with Gasteiger partial charge in [0.15, 0.2) is 0 Å². The third-order valence-corrected chi connectivity index (χ3v) is 4.46. The third-order valence-electron chi connectivity index (χ3n) is 4.46. The van der Waals surface area contributed by atoms with Gasteiger partial charge in [0, 0.05) is 32.6 Å². The fourth-order valence-electron chi connectivity index (χ4n) is 3.13. The highest BCUT2D eigenvalue weighted by Gasteiger charge is 2.27. The Morgan fingerprint density at radius 1 is 1.27 bits per heavy atom. The molecule has 0 aliphatic carbocycles. The molecule has 2 aromatic rings. The number of piperidine rings is 1. The van der Waals surface area contributed by atoms with Gasteiger partial charge >= 0.3 is 0 Å². The van der Waals surface area contributed by atoms with Crippen LogP contribution in [0.3, 0.4) is 0 Å². The van der Waals surface area contributed by atoms with Gasteiger partial charge in [-0.05, 0) is 32.4 Å². The molecule has 1 amide bonds. The number of nitrogens with one attached hydrogen (secondary N) is 1. The van der Waals surface area contributed by atoms with Gasteiger partial charge in [-0.2, -0.15) is 0 Å². The summed E-state index contributed by atoms with van der Waals surface area (Å²) in [6.07, 6.45) is 6.58. The Morgan fingerprint density at radius 3 is 2.77 bits per heavy atom. The smallest absolute Gasteiger partial charge is 0.236 e. The summed E-state index contributed by atoms with van der Waals surface area (Å²) in [5.74, 6) is 1.96. The molecule has 0 unspecified atom stereocenters. The molecular weight excluding hydrogens is 330 g/mol. The van der Waals surface area contributed by atoms with Crippen LogP contribution in [0.5, 0.6) is 0 Å². The second kappa shape index (κ2) is 8.18. The van der Waals surface area contributed by atoms with E-state index in [0.717, 1.165) is 31.5 Å². The summed E-state index contributed by atoms with van der Waals surface area (Å²) in [6, 6.07) is 3.82. The van der Waals surface area contributed by atoms with Crippen molar-refractivity contribution in [1.82, 2.24) is 29.7 Å². The number of nitrogens with zero attached hydrogens (tertiary/aromatic N) is 6. The molecule has 1 fully saturated rings. The van der Waals surface area contributed by atoms with Gasteiger partial charge in [0.05, 0.1) is 18.3 Å². The molecule has 26 heavy (non-hydrogen) atoms. The van der Waals surface area contributed by atoms with E-state index in [-0.39, 0.29) is 11.9 Å². The Hall–Kier alpha value is -2.61. The first kappa shape index (κ1) is 18.2. The van der Waals surface area contributed by atoms with Crippen LogP contribution in [0.25, 0.3) is 0 Å². The summed E-state index contributed by atoms with van der Waals surface area (Å²) >= 11 is 0. The van der Waals surface area contributed by atoms with E-state index < -0.39 is 0 Å². The van der Waals surface area contributed by atoms with Crippen LogP contribution < -0.4 is 5.32 Å². The van der Waals surface area contributed by atoms with Crippen molar-refractivity contribution in [3.63, 3.8) is 0 Å². The maximum absolute atomic E-state index is 12.2. The lowest BCUT2D eigenvalue weighted by molar-refractivity contribution is -0.130. The van der Waals surface area contributed by atoms with Gasteiger partial charge in [-0.25, -0.2) is 19.9 Å². The number of carbonyl (C=O) groups excluding carboxylic acids is 1. The molecular formula is C18H25N7O. The summed E-state index contributed by atoms with van der Waals surface area (Å²) in [4.78, 5) is 33.5. The van der Waals surface area contributed by atoms with E-state index in [0.29, 0.717) is 24.1 Å². The van der Waals surface area contributed by atoms with Gasteiger partial charge in [-0.15, -0.1) is 0 Å². The van der Waals surface area contributed by atoms with Crippen molar-refractivity contribution in [2.45, 2.75) is 32.2 Å². The van der Waals surface area contributed by atoms with Crippen molar-refractivity contribution in [1.29, 1.82) is 0 Å². The number of anilines is 2. The average molecular weight is 355 g/mol. The molecule has 8 heteroatoms. The number of hydrogen-bond acceptors (Lipinski definition) is 7. The number of aromatic nitrogens is 4.